The molecular weight excluding hydrogens is 184 g/mol. The second kappa shape index (κ2) is 5.32. The summed E-state index contributed by atoms with van der Waals surface area (Å²) in [5, 5.41) is 9.81. The topological polar surface area (TPSA) is 20.2 Å². The number of benzene rings is 1. The SMILES string of the molecule is CCc1cc(CC)c(C(C)O)c(CC)c1. The molecule has 1 N–H and O–H groups in total. The van der Waals surface area contributed by atoms with Crippen LogP contribution in [0.2, 0.25) is 0 Å². The Balaban J connectivity index is 3.32. The lowest BCUT2D eigenvalue weighted by atomic mass is 9.91. The zero-order chi connectivity index (χ0) is 11.4. The Labute approximate surface area is 93.1 Å². The third-order valence-electron chi connectivity index (χ3n) is 3.00. The van der Waals surface area contributed by atoms with E-state index in [1.54, 1.807) is 0 Å². The minimum absolute atomic E-state index is 0.346. The molecule has 0 aliphatic rings. The molecular formula is C14H22O. The van der Waals surface area contributed by atoms with Crippen LogP contribution in [0.1, 0.15) is 56.1 Å². The van der Waals surface area contributed by atoms with E-state index in [1.807, 2.05) is 6.92 Å². The maximum absolute atomic E-state index is 9.81. The highest BCUT2D eigenvalue weighted by molar-refractivity contribution is 5.40. The number of hydrogen-bond acceptors (Lipinski definition) is 1. The molecule has 1 rings (SSSR count). The highest BCUT2D eigenvalue weighted by atomic mass is 16.3. The Morgan fingerprint density at radius 1 is 1.00 bits per heavy atom. The molecule has 0 saturated heterocycles. The van der Waals surface area contributed by atoms with Crippen molar-refractivity contribution in [3.8, 4) is 0 Å². The predicted octanol–water partition coefficient (Wildman–Crippen LogP) is 3.43. The Kier molecular flexibility index (Phi) is 4.34. The van der Waals surface area contributed by atoms with Crippen molar-refractivity contribution < 1.29 is 5.11 Å². The molecule has 1 aromatic rings. The van der Waals surface area contributed by atoms with Gasteiger partial charge in [-0.15, -0.1) is 0 Å². The Morgan fingerprint density at radius 2 is 1.47 bits per heavy atom. The van der Waals surface area contributed by atoms with Gasteiger partial charge in [-0.1, -0.05) is 32.9 Å². The third kappa shape index (κ3) is 2.60. The van der Waals surface area contributed by atoms with Gasteiger partial charge in [0.15, 0.2) is 0 Å². The molecule has 0 bridgehead atoms. The van der Waals surface area contributed by atoms with Gasteiger partial charge in [0.05, 0.1) is 6.10 Å². The average molecular weight is 206 g/mol. The summed E-state index contributed by atoms with van der Waals surface area (Å²) in [6, 6.07) is 4.47. The van der Waals surface area contributed by atoms with E-state index in [4.69, 9.17) is 0 Å². The van der Waals surface area contributed by atoms with Crippen LogP contribution in [-0.2, 0) is 19.3 Å². The molecule has 0 amide bonds. The molecule has 84 valence electrons. The Hall–Kier alpha value is -0.820. The van der Waals surface area contributed by atoms with E-state index in [2.05, 4.69) is 32.9 Å². The van der Waals surface area contributed by atoms with E-state index in [-0.39, 0.29) is 6.10 Å². The predicted molar refractivity (Wildman–Crippen MR) is 65.2 cm³/mol. The van der Waals surface area contributed by atoms with Crippen LogP contribution >= 0.6 is 0 Å². The van der Waals surface area contributed by atoms with Gasteiger partial charge in [-0.25, -0.2) is 0 Å². The molecule has 1 unspecified atom stereocenters. The van der Waals surface area contributed by atoms with Gasteiger partial charge < -0.3 is 5.11 Å². The number of rotatable bonds is 4. The van der Waals surface area contributed by atoms with E-state index in [1.165, 1.54) is 16.7 Å². The van der Waals surface area contributed by atoms with Gasteiger partial charge in [-0.05, 0) is 48.4 Å². The first-order chi connectivity index (χ1) is 7.13. The highest BCUT2D eigenvalue weighted by Gasteiger charge is 2.12. The number of aliphatic hydroxyl groups excluding tert-OH is 1. The second-order valence-electron chi connectivity index (χ2n) is 4.06. The maximum Gasteiger partial charge on any atom is 0.0767 e. The molecule has 0 spiro atoms. The van der Waals surface area contributed by atoms with Crippen LogP contribution in [0.3, 0.4) is 0 Å². The fraction of sp³-hybridized carbons (Fsp3) is 0.571. The summed E-state index contributed by atoms with van der Waals surface area (Å²) in [5.41, 5.74) is 5.15. The van der Waals surface area contributed by atoms with Crippen LogP contribution in [0.15, 0.2) is 12.1 Å². The number of aryl methyl sites for hydroxylation is 3. The molecule has 0 heterocycles. The van der Waals surface area contributed by atoms with Gasteiger partial charge >= 0.3 is 0 Å². The smallest absolute Gasteiger partial charge is 0.0767 e. The third-order valence-corrected chi connectivity index (χ3v) is 3.00. The highest BCUT2D eigenvalue weighted by Crippen LogP contribution is 2.25. The molecule has 0 saturated carbocycles. The van der Waals surface area contributed by atoms with Crippen molar-refractivity contribution in [3.05, 3.63) is 34.4 Å². The normalized spacial score (nSPS) is 12.9. The van der Waals surface area contributed by atoms with Gasteiger partial charge in [0, 0.05) is 0 Å². The van der Waals surface area contributed by atoms with Crippen molar-refractivity contribution in [2.45, 2.75) is 53.1 Å². The van der Waals surface area contributed by atoms with Crippen molar-refractivity contribution in [3.63, 3.8) is 0 Å². The first-order valence-corrected chi connectivity index (χ1v) is 5.96. The second-order valence-corrected chi connectivity index (χ2v) is 4.06. The van der Waals surface area contributed by atoms with Crippen molar-refractivity contribution in [1.82, 2.24) is 0 Å². The monoisotopic (exact) mass is 206 g/mol. The molecule has 0 aliphatic carbocycles. The van der Waals surface area contributed by atoms with Crippen molar-refractivity contribution >= 4 is 0 Å². The lowest BCUT2D eigenvalue weighted by Gasteiger charge is -2.17. The van der Waals surface area contributed by atoms with E-state index < -0.39 is 0 Å². The van der Waals surface area contributed by atoms with Crippen LogP contribution < -0.4 is 0 Å². The minimum atomic E-state index is -0.346. The van der Waals surface area contributed by atoms with Crippen LogP contribution in [0.5, 0.6) is 0 Å². The van der Waals surface area contributed by atoms with Gasteiger partial charge in [-0.2, -0.15) is 0 Å². The molecule has 15 heavy (non-hydrogen) atoms. The summed E-state index contributed by atoms with van der Waals surface area (Å²) >= 11 is 0. The van der Waals surface area contributed by atoms with E-state index >= 15 is 0 Å². The molecule has 1 atom stereocenters. The summed E-state index contributed by atoms with van der Waals surface area (Å²) in [7, 11) is 0. The van der Waals surface area contributed by atoms with E-state index in [9.17, 15) is 5.11 Å². The lowest BCUT2D eigenvalue weighted by molar-refractivity contribution is 0.197. The summed E-state index contributed by atoms with van der Waals surface area (Å²) in [6.45, 7) is 8.34. The fourth-order valence-corrected chi connectivity index (χ4v) is 2.18. The van der Waals surface area contributed by atoms with Crippen LogP contribution in [0.4, 0.5) is 0 Å². The number of aliphatic hydroxyl groups is 1. The summed E-state index contributed by atoms with van der Waals surface area (Å²) in [5.74, 6) is 0. The summed E-state index contributed by atoms with van der Waals surface area (Å²) < 4.78 is 0. The molecule has 0 radical (unpaired) electrons. The first-order valence-electron chi connectivity index (χ1n) is 5.96. The largest absolute Gasteiger partial charge is 0.389 e. The Morgan fingerprint density at radius 3 is 1.73 bits per heavy atom. The molecule has 1 heteroatoms. The van der Waals surface area contributed by atoms with Gasteiger partial charge in [0.25, 0.3) is 0 Å². The zero-order valence-corrected chi connectivity index (χ0v) is 10.3. The first kappa shape index (κ1) is 12.3. The van der Waals surface area contributed by atoms with Gasteiger partial charge in [0.2, 0.25) is 0 Å². The number of hydrogen-bond donors (Lipinski definition) is 1. The fourth-order valence-electron chi connectivity index (χ4n) is 2.18. The van der Waals surface area contributed by atoms with Crippen molar-refractivity contribution in [2.75, 3.05) is 0 Å². The zero-order valence-electron chi connectivity index (χ0n) is 10.3. The molecule has 0 aliphatic heterocycles. The van der Waals surface area contributed by atoms with E-state index in [0.29, 0.717) is 0 Å². The molecule has 1 nitrogen and oxygen atoms in total. The maximum atomic E-state index is 9.81. The van der Waals surface area contributed by atoms with Crippen LogP contribution in [0.25, 0.3) is 0 Å². The molecule has 1 aromatic carbocycles. The minimum Gasteiger partial charge on any atom is -0.389 e. The summed E-state index contributed by atoms with van der Waals surface area (Å²) in [6.07, 6.45) is 2.73. The lowest BCUT2D eigenvalue weighted by Crippen LogP contribution is -2.04. The van der Waals surface area contributed by atoms with Gasteiger partial charge in [-0.3, -0.25) is 0 Å². The molecule has 0 aromatic heterocycles. The van der Waals surface area contributed by atoms with Crippen LogP contribution in [0, 0.1) is 0 Å². The standard InChI is InChI=1S/C14H22O/c1-5-11-8-12(6-2)14(10(4)15)13(7-3)9-11/h8-10,15H,5-7H2,1-4H3. The average Bonchev–Trinajstić information content (AvgIpc) is 2.26. The van der Waals surface area contributed by atoms with E-state index in [0.717, 1.165) is 24.8 Å². The summed E-state index contributed by atoms with van der Waals surface area (Å²) in [4.78, 5) is 0. The van der Waals surface area contributed by atoms with Crippen LogP contribution in [-0.4, -0.2) is 5.11 Å². The molecule has 0 fully saturated rings. The Bertz CT molecular complexity index is 301. The van der Waals surface area contributed by atoms with Crippen molar-refractivity contribution in [2.24, 2.45) is 0 Å². The quantitative estimate of drug-likeness (QED) is 0.800. The van der Waals surface area contributed by atoms with Gasteiger partial charge in [0.1, 0.15) is 0 Å². The van der Waals surface area contributed by atoms with Crippen molar-refractivity contribution in [1.29, 1.82) is 0 Å².